The number of hydrogen-bond acceptors (Lipinski definition) is 7. The average molecular weight is 406 g/mol. The van der Waals surface area contributed by atoms with Crippen LogP contribution in [0.4, 0.5) is 0 Å². The summed E-state index contributed by atoms with van der Waals surface area (Å²) in [6.07, 6.45) is 1.41. The third kappa shape index (κ3) is 3.27. The number of rotatable bonds is 4. The van der Waals surface area contributed by atoms with Gasteiger partial charge in [0.1, 0.15) is 23.0 Å². The second-order valence-corrected chi connectivity index (χ2v) is 6.97. The molecule has 0 aliphatic carbocycles. The number of tetrazole rings is 1. The normalized spacial score (nSPS) is 11.0. The fraction of sp³-hybridized carbons (Fsp3) is 0. The molecule has 0 saturated heterocycles. The highest BCUT2D eigenvalue weighted by atomic mass is 79.9. The van der Waals surface area contributed by atoms with Crippen molar-refractivity contribution in [3.63, 3.8) is 0 Å². The van der Waals surface area contributed by atoms with Gasteiger partial charge in [-0.3, -0.25) is 0 Å². The molecule has 0 bridgehead atoms. The zero-order chi connectivity index (χ0) is 17.2. The van der Waals surface area contributed by atoms with Gasteiger partial charge in [0.2, 0.25) is 0 Å². The fourth-order valence-corrected chi connectivity index (χ4v) is 3.34. The minimum Gasteiger partial charge on any atom is -0.379 e. The Morgan fingerprint density at radius 1 is 1.17 bits per heavy atom. The summed E-state index contributed by atoms with van der Waals surface area (Å²) in [5.41, 5.74) is 0.640. The molecule has 0 atom stereocenters. The first-order chi connectivity index (χ1) is 11.5. The van der Waals surface area contributed by atoms with Crippen LogP contribution in [-0.2, 0) is 10.1 Å². The Bertz CT molecular complexity index is 1010. The summed E-state index contributed by atoms with van der Waals surface area (Å²) in [6.45, 7) is 0. The maximum atomic E-state index is 12.4. The van der Waals surface area contributed by atoms with Gasteiger partial charge >= 0.3 is 10.1 Å². The van der Waals surface area contributed by atoms with E-state index in [2.05, 4.69) is 31.5 Å². The summed E-state index contributed by atoms with van der Waals surface area (Å²) < 4.78 is 31.9. The Morgan fingerprint density at radius 3 is 2.54 bits per heavy atom. The van der Waals surface area contributed by atoms with Crippen molar-refractivity contribution in [3.8, 4) is 17.5 Å². The van der Waals surface area contributed by atoms with Gasteiger partial charge in [-0.15, -0.1) is 5.10 Å². The van der Waals surface area contributed by atoms with Crippen molar-refractivity contribution in [2.24, 2.45) is 0 Å². The minimum atomic E-state index is -4.13. The highest BCUT2D eigenvalue weighted by molar-refractivity contribution is 9.10. The van der Waals surface area contributed by atoms with Crippen LogP contribution in [0.5, 0.6) is 5.75 Å². The molecule has 8 nitrogen and oxygen atoms in total. The van der Waals surface area contributed by atoms with E-state index in [-0.39, 0.29) is 16.2 Å². The number of nitrogens with zero attached hydrogens (tertiary/aromatic N) is 5. The molecule has 3 aromatic rings. The van der Waals surface area contributed by atoms with E-state index in [1.807, 2.05) is 6.07 Å². The van der Waals surface area contributed by atoms with E-state index in [9.17, 15) is 8.42 Å². The Hall–Kier alpha value is -2.77. The van der Waals surface area contributed by atoms with Gasteiger partial charge in [-0.25, -0.2) is 4.68 Å². The molecule has 0 aliphatic rings. The molecule has 120 valence electrons. The van der Waals surface area contributed by atoms with Crippen LogP contribution in [0, 0.1) is 11.3 Å². The van der Waals surface area contributed by atoms with Gasteiger partial charge in [-0.05, 0) is 52.9 Å². The number of halogens is 1. The zero-order valence-corrected chi connectivity index (χ0v) is 14.3. The van der Waals surface area contributed by atoms with Crippen LogP contribution in [0.3, 0.4) is 0 Å². The van der Waals surface area contributed by atoms with Crippen molar-refractivity contribution in [1.29, 1.82) is 5.26 Å². The van der Waals surface area contributed by atoms with Crippen LogP contribution < -0.4 is 4.18 Å². The van der Waals surface area contributed by atoms with E-state index in [1.165, 1.54) is 41.3 Å². The summed E-state index contributed by atoms with van der Waals surface area (Å²) in [7, 11) is -4.13. The summed E-state index contributed by atoms with van der Waals surface area (Å²) in [4.78, 5) is -0.197. The Morgan fingerprint density at radius 2 is 1.92 bits per heavy atom. The number of hydrogen-bond donors (Lipinski definition) is 0. The number of benzene rings is 2. The summed E-state index contributed by atoms with van der Waals surface area (Å²) in [5, 5.41) is 19.9. The van der Waals surface area contributed by atoms with Gasteiger partial charge < -0.3 is 4.18 Å². The molecule has 0 unspecified atom stereocenters. The van der Waals surface area contributed by atoms with Crippen LogP contribution in [-0.4, -0.2) is 28.6 Å². The molecule has 24 heavy (non-hydrogen) atoms. The maximum Gasteiger partial charge on any atom is 0.340 e. The first-order valence-corrected chi connectivity index (χ1v) is 8.67. The van der Waals surface area contributed by atoms with Crippen LogP contribution in [0.25, 0.3) is 5.69 Å². The van der Waals surface area contributed by atoms with Crippen molar-refractivity contribution in [1.82, 2.24) is 20.2 Å². The molecule has 1 aromatic heterocycles. The standard InChI is InChI=1S/C14H8BrN5O3S/c15-11-1-6-14(10(7-11)8-16)24(21,22)23-13-4-2-12(3-5-13)20-9-17-18-19-20/h1-7,9H. The van der Waals surface area contributed by atoms with Crippen molar-refractivity contribution < 1.29 is 12.6 Å². The Kier molecular flexibility index (Phi) is 4.28. The lowest BCUT2D eigenvalue weighted by molar-refractivity contribution is 0.485. The molecule has 0 amide bonds. The average Bonchev–Trinajstić information content (AvgIpc) is 3.09. The molecular formula is C14H8BrN5O3S. The van der Waals surface area contributed by atoms with E-state index in [0.29, 0.717) is 10.2 Å². The van der Waals surface area contributed by atoms with Crippen LogP contribution in [0.15, 0.2) is 58.2 Å². The van der Waals surface area contributed by atoms with Crippen molar-refractivity contribution in [2.75, 3.05) is 0 Å². The molecule has 0 saturated carbocycles. The SMILES string of the molecule is N#Cc1cc(Br)ccc1S(=O)(=O)Oc1ccc(-n2cnnn2)cc1. The van der Waals surface area contributed by atoms with E-state index in [4.69, 9.17) is 9.44 Å². The molecule has 0 N–H and O–H groups in total. The molecule has 3 rings (SSSR count). The molecule has 0 aliphatic heterocycles. The monoisotopic (exact) mass is 405 g/mol. The third-order valence-electron chi connectivity index (χ3n) is 2.99. The van der Waals surface area contributed by atoms with Crippen LogP contribution in [0.2, 0.25) is 0 Å². The lowest BCUT2D eigenvalue weighted by Crippen LogP contribution is -2.11. The zero-order valence-electron chi connectivity index (χ0n) is 11.9. The van der Waals surface area contributed by atoms with Crippen molar-refractivity contribution in [3.05, 3.63) is 58.8 Å². The largest absolute Gasteiger partial charge is 0.379 e. The quantitative estimate of drug-likeness (QED) is 0.610. The summed E-state index contributed by atoms with van der Waals surface area (Å²) in [6, 6.07) is 12.2. The molecule has 10 heteroatoms. The van der Waals surface area contributed by atoms with Gasteiger partial charge in [0.05, 0.1) is 11.3 Å². The highest BCUT2D eigenvalue weighted by Crippen LogP contribution is 2.24. The predicted octanol–water partition coefficient (Wildman–Crippen LogP) is 2.06. The fourth-order valence-electron chi connectivity index (χ4n) is 1.91. The van der Waals surface area contributed by atoms with Crippen LogP contribution >= 0.6 is 15.9 Å². The topological polar surface area (TPSA) is 111 Å². The third-order valence-corrected chi connectivity index (χ3v) is 4.79. The predicted molar refractivity (Wildman–Crippen MR) is 85.8 cm³/mol. The lowest BCUT2D eigenvalue weighted by Gasteiger charge is -2.09. The van der Waals surface area contributed by atoms with Crippen molar-refractivity contribution >= 4 is 26.0 Å². The molecule has 1 heterocycles. The first-order valence-electron chi connectivity index (χ1n) is 6.47. The Labute approximate surface area is 145 Å². The molecule has 0 spiro atoms. The van der Waals surface area contributed by atoms with Crippen LogP contribution in [0.1, 0.15) is 5.56 Å². The Balaban J connectivity index is 1.89. The second kappa shape index (κ2) is 6.38. The van der Waals surface area contributed by atoms with E-state index in [1.54, 1.807) is 12.1 Å². The van der Waals surface area contributed by atoms with E-state index in [0.717, 1.165) is 0 Å². The lowest BCUT2D eigenvalue weighted by atomic mass is 10.2. The highest BCUT2D eigenvalue weighted by Gasteiger charge is 2.21. The maximum absolute atomic E-state index is 12.4. The summed E-state index contributed by atoms with van der Waals surface area (Å²) in [5.74, 6) is 0.110. The molecule has 0 radical (unpaired) electrons. The minimum absolute atomic E-state index is 0.00492. The summed E-state index contributed by atoms with van der Waals surface area (Å²) >= 11 is 3.19. The van der Waals surface area contributed by atoms with Gasteiger partial charge in [0, 0.05) is 4.47 Å². The van der Waals surface area contributed by atoms with Gasteiger partial charge in [-0.2, -0.15) is 13.7 Å². The van der Waals surface area contributed by atoms with E-state index >= 15 is 0 Å². The van der Waals surface area contributed by atoms with Gasteiger partial charge in [0.15, 0.2) is 0 Å². The number of nitriles is 1. The second-order valence-electron chi connectivity index (χ2n) is 4.54. The van der Waals surface area contributed by atoms with Crippen molar-refractivity contribution in [2.45, 2.75) is 4.90 Å². The van der Waals surface area contributed by atoms with Gasteiger partial charge in [0.25, 0.3) is 0 Å². The number of aromatic nitrogens is 4. The molecule has 0 fully saturated rings. The first kappa shape index (κ1) is 16.1. The van der Waals surface area contributed by atoms with Gasteiger partial charge in [-0.1, -0.05) is 15.9 Å². The molecule has 2 aromatic carbocycles. The van der Waals surface area contributed by atoms with E-state index < -0.39 is 10.1 Å². The smallest absolute Gasteiger partial charge is 0.340 e. The molecular weight excluding hydrogens is 398 g/mol.